The zero-order chi connectivity index (χ0) is 9.42. The standard InChI is InChI=1S/C9H16N2O2/c1-11(2)9(12)10-7-5-6-3-4-8(7)13-6/h6-8H,3-5H2,1-2H3,(H,10,12). The van der Waals surface area contributed by atoms with E-state index >= 15 is 0 Å². The van der Waals surface area contributed by atoms with E-state index in [0.717, 1.165) is 12.8 Å². The van der Waals surface area contributed by atoms with E-state index in [1.807, 2.05) is 0 Å². The molecule has 2 bridgehead atoms. The summed E-state index contributed by atoms with van der Waals surface area (Å²) in [6.07, 6.45) is 3.93. The Bertz CT molecular complexity index is 218. The molecule has 0 aliphatic carbocycles. The van der Waals surface area contributed by atoms with Gasteiger partial charge >= 0.3 is 6.03 Å². The predicted octanol–water partition coefficient (Wildman–Crippen LogP) is 0.577. The molecule has 2 rings (SSSR count). The molecular weight excluding hydrogens is 168 g/mol. The molecule has 2 aliphatic rings. The van der Waals surface area contributed by atoms with E-state index in [1.165, 1.54) is 6.42 Å². The third-order valence-corrected chi connectivity index (χ3v) is 2.82. The number of ether oxygens (including phenoxy) is 1. The van der Waals surface area contributed by atoms with E-state index in [4.69, 9.17) is 4.74 Å². The van der Waals surface area contributed by atoms with E-state index in [9.17, 15) is 4.79 Å². The number of nitrogens with one attached hydrogen (secondary N) is 1. The van der Waals surface area contributed by atoms with Crippen LogP contribution in [-0.2, 0) is 4.74 Å². The summed E-state index contributed by atoms with van der Waals surface area (Å²) in [5, 5.41) is 2.97. The van der Waals surface area contributed by atoms with Crippen LogP contribution in [0.2, 0.25) is 0 Å². The van der Waals surface area contributed by atoms with E-state index < -0.39 is 0 Å². The van der Waals surface area contributed by atoms with Crippen molar-refractivity contribution in [1.82, 2.24) is 10.2 Å². The molecule has 2 amide bonds. The molecule has 1 N–H and O–H groups in total. The Morgan fingerprint density at radius 3 is 2.69 bits per heavy atom. The van der Waals surface area contributed by atoms with Crippen molar-refractivity contribution in [1.29, 1.82) is 0 Å². The quantitative estimate of drug-likeness (QED) is 0.647. The molecule has 4 nitrogen and oxygen atoms in total. The van der Waals surface area contributed by atoms with Gasteiger partial charge in [-0.15, -0.1) is 0 Å². The van der Waals surface area contributed by atoms with Crippen LogP contribution < -0.4 is 5.32 Å². The molecule has 0 radical (unpaired) electrons. The lowest BCUT2D eigenvalue weighted by Gasteiger charge is -2.22. The van der Waals surface area contributed by atoms with Gasteiger partial charge in [-0.25, -0.2) is 4.79 Å². The number of hydrogen-bond donors (Lipinski definition) is 1. The maximum absolute atomic E-state index is 11.3. The number of carbonyl (C=O) groups is 1. The number of nitrogens with zero attached hydrogens (tertiary/aromatic N) is 1. The van der Waals surface area contributed by atoms with E-state index in [-0.39, 0.29) is 18.2 Å². The summed E-state index contributed by atoms with van der Waals surface area (Å²) < 4.78 is 5.63. The van der Waals surface area contributed by atoms with Crippen LogP contribution in [0, 0.1) is 0 Å². The van der Waals surface area contributed by atoms with Crippen LogP contribution in [0.1, 0.15) is 19.3 Å². The molecule has 2 aliphatic heterocycles. The van der Waals surface area contributed by atoms with Crippen LogP contribution in [-0.4, -0.2) is 43.3 Å². The molecule has 0 saturated carbocycles. The maximum atomic E-state index is 11.3. The minimum atomic E-state index is -0.0128. The number of rotatable bonds is 1. The molecule has 0 spiro atoms. The monoisotopic (exact) mass is 184 g/mol. The van der Waals surface area contributed by atoms with Crippen molar-refractivity contribution in [2.45, 2.75) is 37.5 Å². The summed E-state index contributed by atoms with van der Waals surface area (Å²) >= 11 is 0. The highest BCUT2D eigenvalue weighted by Crippen LogP contribution is 2.34. The van der Waals surface area contributed by atoms with Gasteiger partial charge < -0.3 is 15.0 Å². The molecule has 13 heavy (non-hydrogen) atoms. The first kappa shape index (κ1) is 8.81. The largest absolute Gasteiger partial charge is 0.373 e. The third-order valence-electron chi connectivity index (χ3n) is 2.82. The Labute approximate surface area is 78.2 Å². The summed E-state index contributed by atoms with van der Waals surface area (Å²) in [5.74, 6) is 0. The van der Waals surface area contributed by atoms with E-state index in [1.54, 1.807) is 19.0 Å². The second kappa shape index (κ2) is 3.18. The number of urea groups is 1. The van der Waals surface area contributed by atoms with Crippen molar-refractivity contribution in [2.75, 3.05) is 14.1 Å². The van der Waals surface area contributed by atoms with Crippen molar-refractivity contribution < 1.29 is 9.53 Å². The molecular formula is C9H16N2O2. The molecule has 0 aromatic heterocycles. The van der Waals surface area contributed by atoms with Crippen LogP contribution in [0.25, 0.3) is 0 Å². The van der Waals surface area contributed by atoms with Gasteiger partial charge in [0, 0.05) is 14.1 Å². The summed E-state index contributed by atoms with van der Waals surface area (Å²) in [6, 6.07) is 0.231. The van der Waals surface area contributed by atoms with Crippen LogP contribution in [0.4, 0.5) is 4.79 Å². The van der Waals surface area contributed by atoms with Gasteiger partial charge in [0.2, 0.25) is 0 Å². The smallest absolute Gasteiger partial charge is 0.317 e. The van der Waals surface area contributed by atoms with E-state index in [2.05, 4.69) is 5.32 Å². The number of amides is 2. The fraction of sp³-hybridized carbons (Fsp3) is 0.889. The first-order chi connectivity index (χ1) is 6.16. The third kappa shape index (κ3) is 1.63. The average molecular weight is 184 g/mol. The van der Waals surface area contributed by atoms with Gasteiger partial charge in [0.25, 0.3) is 0 Å². The Balaban J connectivity index is 1.86. The van der Waals surface area contributed by atoms with Gasteiger partial charge in [0.15, 0.2) is 0 Å². The van der Waals surface area contributed by atoms with Crippen molar-refractivity contribution >= 4 is 6.03 Å². The number of fused-ring (bicyclic) bond motifs is 2. The first-order valence-electron chi connectivity index (χ1n) is 4.80. The summed E-state index contributed by atoms with van der Waals surface area (Å²) in [7, 11) is 3.51. The Morgan fingerprint density at radius 1 is 1.46 bits per heavy atom. The van der Waals surface area contributed by atoms with Crippen molar-refractivity contribution in [2.24, 2.45) is 0 Å². The molecule has 0 aromatic carbocycles. The van der Waals surface area contributed by atoms with Crippen LogP contribution >= 0.6 is 0 Å². The molecule has 3 atom stereocenters. The van der Waals surface area contributed by atoms with Crippen LogP contribution in [0.3, 0.4) is 0 Å². The Hall–Kier alpha value is -0.770. The van der Waals surface area contributed by atoms with Crippen molar-refractivity contribution in [3.05, 3.63) is 0 Å². The minimum absolute atomic E-state index is 0.0128. The van der Waals surface area contributed by atoms with Gasteiger partial charge in [-0.3, -0.25) is 0 Å². The molecule has 74 valence electrons. The van der Waals surface area contributed by atoms with Gasteiger partial charge in [-0.1, -0.05) is 0 Å². The lowest BCUT2D eigenvalue weighted by Crippen LogP contribution is -2.45. The second-order valence-corrected chi connectivity index (χ2v) is 4.06. The normalized spacial score (nSPS) is 36.3. The second-order valence-electron chi connectivity index (χ2n) is 4.06. The molecule has 2 heterocycles. The van der Waals surface area contributed by atoms with Gasteiger partial charge in [0.1, 0.15) is 0 Å². The number of carbonyl (C=O) groups excluding carboxylic acids is 1. The molecule has 0 aromatic rings. The first-order valence-corrected chi connectivity index (χ1v) is 4.80. The lowest BCUT2D eigenvalue weighted by atomic mass is 9.96. The molecule has 2 saturated heterocycles. The summed E-state index contributed by atoms with van der Waals surface area (Å²) in [4.78, 5) is 12.9. The highest BCUT2D eigenvalue weighted by atomic mass is 16.5. The minimum Gasteiger partial charge on any atom is -0.373 e. The average Bonchev–Trinajstić information content (AvgIpc) is 2.64. The SMILES string of the molecule is CN(C)C(=O)NC1CC2CCC1O2. The van der Waals surface area contributed by atoms with Crippen molar-refractivity contribution in [3.63, 3.8) is 0 Å². The topological polar surface area (TPSA) is 41.6 Å². The number of hydrogen-bond acceptors (Lipinski definition) is 2. The maximum Gasteiger partial charge on any atom is 0.317 e. The van der Waals surface area contributed by atoms with Gasteiger partial charge in [-0.2, -0.15) is 0 Å². The zero-order valence-corrected chi connectivity index (χ0v) is 8.12. The Kier molecular flexibility index (Phi) is 2.15. The predicted molar refractivity (Wildman–Crippen MR) is 48.5 cm³/mol. The molecule has 4 heteroatoms. The highest BCUT2D eigenvalue weighted by Gasteiger charge is 2.41. The van der Waals surface area contributed by atoms with Gasteiger partial charge in [-0.05, 0) is 19.3 Å². The lowest BCUT2D eigenvalue weighted by molar-refractivity contribution is 0.0975. The van der Waals surface area contributed by atoms with E-state index in [0.29, 0.717) is 6.10 Å². The Morgan fingerprint density at radius 2 is 2.23 bits per heavy atom. The van der Waals surface area contributed by atoms with Gasteiger partial charge in [0.05, 0.1) is 18.2 Å². The fourth-order valence-electron chi connectivity index (χ4n) is 2.08. The highest BCUT2D eigenvalue weighted by molar-refractivity contribution is 5.73. The molecule has 3 unspecified atom stereocenters. The summed E-state index contributed by atoms with van der Waals surface area (Å²) in [6.45, 7) is 0. The van der Waals surface area contributed by atoms with Crippen molar-refractivity contribution in [3.8, 4) is 0 Å². The molecule has 2 fully saturated rings. The zero-order valence-electron chi connectivity index (χ0n) is 8.12. The van der Waals surface area contributed by atoms with Crippen LogP contribution in [0.15, 0.2) is 0 Å². The van der Waals surface area contributed by atoms with Crippen LogP contribution in [0.5, 0.6) is 0 Å². The fourth-order valence-corrected chi connectivity index (χ4v) is 2.08. The summed E-state index contributed by atoms with van der Waals surface area (Å²) in [5.41, 5.74) is 0.